The van der Waals surface area contributed by atoms with Gasteiger partial charge in [0, 0.05) is 24.8 Å². The average Bonchev–Trinajstić information content (AvgIpc) is 2.85. The first-order valence-corrected chi connectivity index (χ1v) is 11.9. The topological polar surface area (TPSA) is 97.0 Å². The monoisotopic (exact) mass is 483 g/mol. The second-order valence-corrected chi connectivity index (χ2v) is 8.90. The summed E-state index contributed by atoms with van der Waals surface area (Å²) in [6, 6.07) is 10.0. The smallest absolute Gasteiger partial charge is 0.257 e. The van der Waals surface area contributed by atoms with Gasteiger partial charge in [0.05, 0.1) is 24.1 Å². The molecule has 4 rings (SSSR count). The fourth-order valence-electron chi connectivity index (χ4n) is 4.48. The number of anilines is 1. The molecule has 2 N–H and O–H groups in total. The summed E-state index contributed by atoms with van der Waals surface area (Å²) in [5.41, 5.74) is 0.902. The Kier molecular flexibility index (Phi) is 7.65. The number of carbonyl (C=O) groups excluding carboxylic acids is 3. The Hall–Kier alpha value is -3.46. The number of ether oxygens (including phenoxy) is 2. The van der Waals surface area contributed by atoms with Crippen LogP contribution in [0.1, 0.15) is 53.3 Å². The van der Waals surface area contributed by atoms with E-state index in [0.717, 1.165) is 12.5 Å². The van der Waals surface area contributed by atoms with Crippen molar-refractivity contribution in [1.82, 2.24) is 10.2 Å². The summed E-state index contributed by atoms with van der Waals surface area (Å²) < 4.78 is 25.6. The van der Waals surface area contributed by atoms with Crippen molar-refractivity contribution in [3.05, 3.63) is 59.4 Å². The highest BCUT2D eigenvalue weighted by Crippen LogP contribution is 2.32. The molecule has 3 atom stereocenters. The van der Waals surface area contributed by atoms with Crippen LogP contribution in [0.15, 0.2) is 42.5 Å². The fraction of sp³-hybridized carbons (Fsp3) is 0.423. The lowest BCUT2D eigenvalue weighted by molar-refractivity contribution is -0.134. The van der Waals surface area contributed by atoms with Gasteiger partial charge in [0.15, 0.2) is 0 Å². The molecule has 0 aliphatic carbocycles. The third-order valence-corrected chi connectivity index (χ3v) is 6.34. The first-order chi connectivity index (χ1) is 16.9. The minimum atomic E-state index is -0.505. The summed E-state index contributed by atoms with van der Waals surface area (Å²) in [4.78, 5) is 39.6. The molecule has 2 aliphatic rings. The molecule has 2 heterocycles. The third-order valence-electron chi connectivity index (χ3n) is 6.34. The summed E-state index contributed by atoms with van der Waals surface area (Å²) in [5, 5.41) is 5.58. The van der Waals surface area contributed by atoms with Crippen molar-refractivity contribution >= 4 is 23.4 Å². The van der Waals surface area contributed by atoms with Gasteiger partial charge < -0.3 is 25.0 Å². The predicted molar refractivity (Wildman–Crippen MR) is 128 cm³/mol. The Labute approximate surface area is 203 Å². The summed E-state index contributed by atoms with van der Waals surface area (Å²) in [7, 11) is 1.73. The van der Waals surface area contributed by atoms with Gasteiger partial charge in [0.2, 0.25) is 5.91 Å². The van der Waals surface area contributed by atoms with Gasteiger partial charge >= 0.3 is 0 Å². The molecule has 1 fully saturated rings. The average molecular weight is 484 g/mol. The van der Waals surface area contributed by atoms with E-state index < -0.39 is 11.7 Å². The second kappa shape index (κ2) is 10.9. The molecule has 35 heavy (non-hydrogen) atoms. The molecule has 0 saturated carbocycles. The molecule has 2 aliphatic heterocycles. The van der Waals surface area contributed by atoms with Crippen LogP contribution < -0.4 is 15.4 Å². The Balaban J connectivity index is 1.47. The second-order valence-electron chi connectivity index (χ2n) is 8.90. The van der Waals surface area contributed by atoms with Gasteiger partial charge in [-0.2, -0.15) is 0 Å². The molecule has 186 valence electrons. The van der Waals surface area contributed by atoms with Gasteiger partial charge in [-0.05, 0) is 55.7 Å². The summed E-state index contributed by atoms with van der Waals surface area (Å²) in [5.74, 6) is -0.889. The van der Waals surface area contributed by atoms with Crippen LogP contribution in [0.5, 0.6) is 5.75 Å². The number of hydrogen-bond acceptors (Lipinski definition) is 5. The van der Waals surface area contributed by atoms with Gasteiger partial charge in [-0.3, -0.25) is 14.4 Å². The first kappa shape index (κ1) is 24.7. The normalized spacial score (nSPS) is 21.6. The zero-order chi connectivity index (χ0) is 24.9. The molecule has 3 amide bonds. The van der Waals surface area contributed by atoms with Crippen LogP contribution in [-0.4, -0.2) is 61.1 Å². The number of fused-ring (bicyclic) bond motifs is 2. The van der Waals surface area contributed by atoms with E-state index in [0.29, 0.717) is 36.4 Å². The molecule has 0 bridgehead atoms. The maximum atomic E-state index is 13.5. The maximum absolute atomic E-state index is 13.5. The Morgan fingerprint density at radius 3 is 2.77 bits per heavy atom. The molecule has 8 nitrogen and oxygen atoms in total. The Morgan fingerprint density at radius 2 is 2.00 bits per heavy atom. The van der Waals surface area contributed by atoms with Crippen molar-refractivity contribution in [3.8, 4) is 5.75 Å². The van der Waals surface area contributed by atoms with E-state index in [-0.39, 0.29) is 48.7 Å². The van der Waals surface area contributed by atoms with E-state index >= 15 is 0 Å². The standard InChI is InChI=1S/C26H30FN3O5/c1-3-11-28-24(31)14-19-8-9-21-23(35-19)15-34-22-10-7-18(13-20(22)26(33)30(21)2)29-25(32)16-5-4-6-17(27)12-16/h4-7,10,12-13,19,21,23H,3,8-9,11,14-15H2,1-2H3,(H,28,31)(H,29,32)/t19-,21+,23+/m0/s1. The van der Waals surface area contributed by atoms with Crippen molar-refractivity contribution in [2.24, 2.45) is 0 Å². The van der Waals surface area contributed by atoms with E-state index in [9.17, 15) is 18.8 Å². The van der Waals surface area contributed by atoms with Gasteiger partial charge in [-0.15, -0.1) is 0 Å². The Bertz CT molecular complexity index is 1110. The Morgan fingerprint density at radius 1 is 1.17 bits per heavy atom. The number of hydrogen-bond donors (Lipinski definition) is 2. The van der Waals surface area contributed by atoms with Gasteiger partial charge in [0.25, 0.3) is 11.8 Å². The van der Waals surface area contributed by atoms with E-state index in [2.05, 4.69) is 10.6 Å². The lowest BCUT2D eigenvalue weighted by Gasteiger charge is -2.42. The van der Waals surface area contributed by atoms with E-state index in [4.69, 9.17) is 9.47 Å². The van der Waals surface area contributed by atoms with E-state index in [1.807, 2.05) is 6.92 Å². The van der Waals surface area contributed by atoms with Crippen molar-refractivity contribution in [2.45, 2.75) is 50.9 Å². The van der Waals surface area contributed by atoms with E-state index in [1.165, 1.54) is 18.2 Å². The SMILES string of the molecule is CCCNC(=O)C[C@@H]1CC[C@@H]2[C@@H](COc3ccc(NC(=O)c4cccc(F)c4)cc3C(=O)N2C)O1. The molecule has 2 aromatic carbocycles. The molecule has 2 aromatic rings. The number of carbonyl (C=O) groups is 3. The molecule has 0 radical (unpaired) electrons. The highest BCUT2D eigenvalue weighted by Gasteiger charge is 2.39. The molecule has 0 aromatic heterocycles. The highest BCUT2D eigenvalue weighted by molar-refractivity contribution is 6.05. The number of halogens is 1. The number of benzene rings is 2. The zero-order valence-corrected chi connectivity index (χ0v) is 19.9. The summed E-state index contributed by atoms with van der Waals surface area (Å²) in [6.45, 7) is 2.87. The molecular formula is C26H30FN3O5. The maximum Gasteiger partial charge on any atom is 0.257 e. The van der Waals surface area contributed by atoms with Crippen LogP contribution in [0.25, 0.3) is 0 Å². The van der Waals surface area contributed by atoms with Crippen LogP contribution in [0.4, 0.5) is 10.1 Å². The molecule has 0 spiro atoms. The number of amides is 3. The van der Waals surface area contributed by atoms with Crippen molar-refractivity contribution in [2.75, 3.05) is 25.5 Å². The van der Waals surface area contributed by atoms with Gasteiger partial charge in [-0.1, -0.05) is 13.0 Å². The first-order valence-electron chi connectivity index (χ1n) is 11.9. The predicted octanol–water partition coefficient (Wildman–Crippen LogP) is 3.37. The van der Waals surface area contributed by atoms with Crippen LogP contribution in [0, 0.1) is 5.82 Å². The zero-order valence-electron chi connectivity index (χ0n) is 19.9. The largest absolute Gasteiger partial charge is 0.490 e. The molecular weight excluding hydrogens is 453 g/mol. The number of rotatable bonds is 6. The minimum Gasteiger partial charge on any atom is -0.490 e. The lowest BCUT2D eigenvalue weighted by Crippen LogP contribution is -2.54. The number of likely N-dealkylation sites (N-methyl/N-ethyl adjacent to an activating group) is 1. The highest BCUT2D eigenvalue weighted by atomic mass is 19.1. The minimum absolute atomic E-state index is 0.0374. The number of nitrogens with zero attached hydrogens (tertiary/aromatic N) is 1. The third kappa shape index (κ3) is 5.79. The molecule has 0 unspecified atom stereocenters. The quantitative estimate of drug-likeness (QED) is 0.657. The van der Waals surface area contributed by atoms with E-state index in [1.54, 1.807) is 30.1 Å². The summed E-state index contributed by atoms with van der Waals surface area (Å²) in [6.07, 6.45) is 1.92. The molecule has 9 heteroatoms. The van der Waals surface area contributed by atoms with Gasteiger partial charge in [-0.25, -0.2) is 4.39 Å². The van der Waals surface area contributed by atoms with Gasteiger partial charge in [0.1, 0.15) is 24.3 Å². The molecule has 1 saturated heterocycles. The van der Waals surface area contributed by atoms with Crippen LogP contribution in [-0.2, 0) is 9.53 Å². The summed E-state index contributed by atoms with van der Waals surface area (Å²) >= 11 is 0. The van der Waals surface area contributed by atoms with Crippen molar-refractivity contribution in [3.63, 3.8) is 0 Å². The van der Waals surface area contributed by atoms with Crippen molar-refractivity contribution < 1.29 is 28.2 Å². The van der Waals surface area contributed by atoms with Crippen LogP contribution >= 0.6 is 0 Å². The fourth-order valence-corrected chi connectivity index (χ4v) is 4.48. The van der Waals surface area contributed by atoms with Crippen molar-refractivity contribution in [1.29, 1.82) is 0 Å². The van der Waals surface area contributed by atoms with Crippen LogP contribution in [0.3, 0.4) is 0 Å². The number of nitrogens with one attached hydrogen (secondary N) is 2. The van der Waals surface area contributed by atoms with Crippen LogP contribution in [0.2, 0.25) is 0 Å². The lowest BCUT2D eigenvalue weighted by atomic mass is 9.94.